The van der Waals surface area contributed by atoms with Crippen molar-refractivity contribution in [1.82, 2.24) is 3.71 Å². The second-order valence-corrected chi connectivity index (χ2v) is 3.08. The van der Waals surface area contributed by atoms with Crippen molar-refractivity contribution in [1.29, 1.82) is 0 Å². The van der Waals surface area contributed by atoms with Gasteiger partial charge in [-0.05, 0) is 12.8 Å². The molecule has 0 bridgehead atoms. The Morgan fingerprint density at radius 2 is 1.86 bits per heavy atom. The third-order valence-corrected chi connectivity index (χ3v) is 2.05. The second-order valence-electron chi connectivity index (χ2n) is 1.91. The van der Waals surface area contributed by atoms with E-state index in [1.807, 2.05) is 0 Å². The lowest BCUT2D eigenvalue weighted by Gasteiger charge is -2.29. The van der Waals surface area contributed by atoms with Gasteiger partial charge < -0.3 is 0 Å². The highest BCUT2D eigenvalue weighted by Gasteiger charge is 2.19. The number of rotatable bonds is 1. The average molecular weight is 135 g/mol. The highest BCUT2D eigenvalue weighted by atomic mass is 32.2. The standard InChI is InChI=1S/C4H9NS2/c6-5(7)4-2-1-3-4/h4,6-7H,1-3H2. The van der Waals surface area contributed by atoms with E-state index in [2.05, 4.69) is 25.6 Å². The van der Waals surface area contributed by atoms with Gasteiger partial charge in [0.05, 0.1) is 0 Å². The first-order valence-electron chi connectivity index (χ1n) is 2.47. The lowest BCUT2D eigenvalue weighted by atomic mass is 9.94. The monoisotopic (exact) mass is 135 g/mol. The quantitative estimate of drug-likeness (QED) is 0.516. The molecular weight excluding hydrogens is 126 g/mol. The van der Waals surface area contributed by atoms with Gasteiger partial charge in [-0.15, -0.1) is 0 Å². The highest BCUT2D eigenvalue weighted by molar-refractivity contribution is 7.93. The van der Waals surface area contributed by atoms with E-state index in [4.69, 9.17) is 0 Å². The zero-order chi connectivity index (χ0) is 5.28. The summed E-state index contributed by atoms with van der Waals surface area (Å²) < 4.78 is 1.70. The summed E-state index contributed by atoms with van der Waals surface area (Å²) in [6.45, 7) is 0. The van der Waals surface area contributed by atoms with Crippen molar-refractivity contribution >= 4 is 25.6 Å². The molecule has 42 valence electrons. The predicted octanol–water partition coefficient (Wildman–Crippen LogP) is 1.53. The van der Waals surface area contributed by atoms with E-state index in [1.165, 1.54) is 19.3 Å². The Morgan fingerprint density at radius 3 is 1.86 bits per heavy atom. The largest absolute Gasteiger partial charge is 0.197 e. The number of hydrogen-bond acceptors (Lipinski definition) is 3. The van der Waals surface area contributed by atoms with Gasteiger partial charge in [-0.2, -0.15) is 3.71 Å². The van der Waals surface area contributed by atoms with Crippen LogP contribution in [-0.2, 0) is 0 Å². The highest BCUT2D eigenvalue weighted by Crippen LogP contribution is 2.26. The second kappa shape index (κ2) is 2.29. The Kier molecular flexibility index (Phi) is 1.89. The molecule has 1 nitrogen and oxygen atoms in total. The van der Waals surface area contributed by atoms with Crippen molar-refractivity contribution in [3.8, 4) is 0 Å². The Hall–Kier alpha value is 0.660. The zero-order valence-corrected chi connectivity index (χ0v) is 5.83. The summed E-state index contributed by atoms with van der Waals surface area (Å²) in [4.78, 5) is 0. The van der Waals surface area contributed by atoms with Crippen molar-refractivity contribution in [2.45, 2.75) is 25.3 Å². The minimum Gasteiger partial charge on any atom is -0.197 e. The average Bonchev–Trinajstić information content (AvgIpc) is 1.23. The van der Waals surface area contributed by atoms with Gasteiger partial charge in [0, 0.05) is 6.04 Å². The molecule has 0 aromatic carbocycles. The van der Waals surface area contributed by atoms with Crippen LogP contribution in [0.1, 0.15) is 19.3 Å². The van der Waals surface area contributed by atoms with Crippen molar-refractivity contribution in [2.75, 3.05) is 0 Å². The van der Waals surface area contributed by atoms with E-state index in [1.54, 1.807) is 3.71 Å². The predicted molar refractivity (Wildman–Crippen MR) is 37.5 cm³/mol. The van der Waals surface area contributed by atoms with Gasteiger partial charge in [-0.1, -0.05) is 32.1 Å². The summed E-state index contributed by atoms with van der Waals surface area (Å²) in [5, 5.41) is 0. The Balaban J connectivity index is 2.14. The fourth-order valence-corrected chi connectivity index (χ4v) is 1.08. The molecule has 0 saturated heterocycles. The summed E-state index contributed by atoms with van der Waals surface area (Å²) in [6.07, 6.45) is 3.89. The molecule has 1 aliphatic carbocycles. The summed E-state index contributed by atoms with van der Waals surface area (Å²) in [7, 11) is 0. The SMILES string of the molecule is SN(S)C1CCC1. The minimum absolute atomic E-state index is 0.645. The molecular formula is C4H9NS2. The van der Waals surface area contributed by atoms with E-state index >= 15 is 0 Å². The first-order valence-corrected chi connectivity index (χ1v) is 3.27. The summed E-state index contributed by atoms with van der Waals surface area (Å²) in [6, 6.07) is 0.645. The third kappa shape index (κ3) is 1.27. The molecule has 1 fully saturated rings. The van der Waals surface area contributed by atoms with Crippen LogP contribution in [-0.4, -0.2) is 9.75 Å². The molecule has 1 saturated carbocycles. The molecule has 0 aliphatic heterocycles. The van der Waals surface area contributed by atoms with Crippen molar-refractivity contribution in [3.63, 3.8) is 0 Å². The Morgan fingerprint density at radius 1 is 1.29 bits per heavy atom. The van der Waals surface area contributed by atoms with Crippen LogP contribution in [0.15, 0.2) is 0 Å². The van der Waals surface area contributed by atoms with Crippen LogP contribution >= 0.6 is 25.6 Å². The van der Waals surface area contributed by atoms with E-state index in [0.29, 0.717) is 6.04 Å². The molecule has 7 heavy (non-hydrogen) atoms. The van der Waals surface area contributed by atoms with E-state index < -0.39 is 0 Å². The van der Waals surface area contributed by atoms with Crippen LogP contribution < -0.4 is 0 Å². The van der Waals surface area contributed by atoms with Crippen LogP contribution in [0.4, 0.5) is 0 Å². The maximum atomic E-state index is 4.02. The topological polar surface area (TPSA) is 3.24 Å². The van der Waals surface area contributed by atoms with Gasteiger partial charge in [0.2, 0.25) is 0 Å². The first kappa shape index (κ1) is 5.79. The molecule has 3 heteroatoms. The zero-order valence-electron chi connectivity index (χ0n) is 4.04. The molecule has 1 rings (SSSR count). The summed E-state index contributed by atoms with van der Waals surface area (Å²) in [5.74, 6) is 0. The normalized spacial score (nSPS) is 22.7. The van der Waals surface area contributed by atoms with Crippen LogP contribution in [0, 0.1) is 0 Å². The maximum Gasteiger partial charge on any atom is 0.0310 e. The number of nitrogens with zero attached hydrogens (tertiary/aromatic N) is 1. The lowest BCUT2D eigenvalue weighted by Crippen LogP contribution is -2.26. The fraction of sp³-hybridized carbons (Fsp3) is 1.00. The van der Waals surface area contributed by atoms with E-state index in [9.17, 15) is 0 Å². The number of hydrogen-bond donors (Lipinski definition) is 2. The first-order chi connectivity index (χ1) is 3.30. The Bertz CT molecular complexity index is 60.7. The molecule has 0 N–H and O–H groups in total. The smallest absolute Gasteiger partial charge is 0.0310 e. The van der Waals surface area contributed by atoms with E-state index in [0.717, 1.165) is 0 Å². The van der Waals surface area contributed by atoms with Gasteiger partial charge in [-0.3, -0.25) is 0 Å². The molecule has 0 unspecified atom stereocenters. The maximum absolute atomic E-state index is 4.02. The van der Waals surface area contributed by atoms with Gasteiger partial charge in [-0.25, -0.2) is 0 Å². The molecule has 0 aromatic rings. The molecule has 0 aromatic heterocycles. The molecule has 0 amide bonds. The van der Waals surface area contributed by atoms with Crippen LogP contribution in [0.2, 0.25) is 0 Å². The molecule has 0 atom stereocenters. The molecule has 0 radical (unpaired) electrons. The van der Waals surface area contributed by atoms with Crippen LogP contribution in [0.3, 0.4) is 0 Å². The van der Waals surface area contributed by atoms with E-state index in [-0.39, 0.29) is 0 Å². The van der Waals surface area contributed by atoms with Gasteiger partial charge in [0.1, 0.15) is 0 Å². The van der Waals surface area contributed by atoms with Crippen LogP contribution in [0.25, 0.3) is 0 Å². The molecule has 1 aliphatic rings. The molecule has 0 heterocycles. The van der Waals surface area contributed by atoms with Crippen molar-refractivity contribution in [3.05, 3.63) is 0 Å². The molecule has 0 spiro atoms. The lowest BCUT2D eigenvalue weighted by molar-refractivity contribution is 0.329. The Labute approximate surface area is 55.2 Å². The van der Waals surface area contributed by atoms with Gasteiger partial charge >= 0.3 is 0 Å². The van der Waals surface area contributed by atoms with Crippen molar-refractivity contribution in [2.24, 2.45) is 0 Å². The van der Waals surface area contributed by atoms with Gasteiger partial charge in [0.25, 0.3) is 0 Å². The third-order valence-electron chi connectivity index (χ3n) is 1.40. The number of thiol groups is 2. The van der Waals surface area contributed by atoms with Crippen molar-refractivity contribution < 1.29 is 0 Å². The summed E-state index contributed by atoms with van der Waals surface area (Å²) in [5.41, 5.74) is 0. The minimum atomic E-state index is 0.645. The van der Waals surface area contributed by atoms with Gasteiger partial charge in [0.15, 0.2) is 0 Å². The van der Waals surface area contributed by atoms with Crippen LogP contribution in [0.5, 0.6) is 0 Å². The summed E-state index contributed by atoms with van der Waals surface area (Å²) >= 11 is 8.04. The fourth-order valence-electron chi connectivity index (χ4n) is 0.618.